The van der Waals surface area contributed by atoms with Gasteiger partial charge in [-0.15, -0.1) is 0 Å². The Bertz CT molecular complexity index is 757. The van der Waals surface area contributed by atoms with Crippen LogP contribution in [0.2, 0.25) is 0 Å². The fraction of sp³-hybridized carbons (Fsp3) is 0.412. The summed E-state index contributed by atoms with van der Waals surface area (Å²) in [6.45, 7) is 5.60. The summed E-state index contributed by atoms with van der Waals surface area (Å²) >= 11 is 0. The van der Waals surface area contributed by atoms with Crippen molar-refractivity contribution >= 4 is 17.3 Å². The van der Waals surface area contributed by atoms with Crippen molar-refractivity contribution in [2.24, 2.45) is 0 Å². The van der Waals surface area contributed by atoms with E-state index in [1.54, 1.807) is 13.8 Å². The number of para-hydroxylation sites is 1. The summed E-state index contributed by atoms with van der Waals surface area (Å²) in [5.41, 5.74) is 1.72. The third kappa shape index (κ3) is 4.34. The number of benzene rings is 1. The molecule has 1 aromatic heterocycles. The minimum absolute atomic E-state index is 0.0371. The second-order valence-electron chi connectivity index (χ2n) is 6.03. The number of aryl methyl sites for hydroxylation is 1. The Morgan fingerprint density at radius 2 is 2.00 bits per heavy atom. The molecule has 25 heavy (non-hydrogen) atoms. The summed E-state index contributed by atoms with van der Waals surface area (Å²) in [6, 6.07) is 10.00. The van der Waals surface area contributed by atoms with Gasteiger partial charge in [-0.25, -0.2) is 0 Å². The van der Waals surface area contributed by atoms with Crippen LogP contribution in [-0.4, -0.2) is 40.2 Å². The van der Waals surface area contributed by atoms with Crippen LogP contribution in [0.5, 0.6) is 0 Å². The smallest absolute Gasteiger partial charge is 0.312 e. The van der Waals surface area contributed by atoms with E-state index in [-0.39, 0.29) is 24.2 Å². The topological polar surface area (TPSA) is 93.3 Å². The van der Waals surface area contributed by atoms with E-state index in [2.05, 4.69) is 15.3 Å². The van der Waals surface area contributed by atoms with Crippen LogP contribution < -0.4 is 10.2 Å². The Morgan fingerprint density at radius 1 is 1.36 bits per heavy atom. The number of hydrogen-bond donors (Lipinski definition) is 1. The zero-order valence-corrected chi connectivity index (χ0v) is 14.9. The number of nitrogens with one attached hydrogen (secondary N) is 1. The maximum atomic E-state index is 12.2. The molecule has 134 valence electrons. The molecule has 0 saturated heterocycles. The summed E-state index contributed by atoms with van der Waals surface area (Å²) in [4.78, 5) is 24.8. The number of carbonyl (C=O) groups is 1. The lowest BCUT2D eigenvalue weighted by molar-refractivity contribution is -0.386. The second kappa shape index (κ2) is 7.78. The highest BCUT2D eigenvalue weighted by Gasteiger charge is 2.22. The fourth-order valence-corrected chi connectivity index (χ4v) is 2.61. The molecule has 1 amide bonds. The molecule has 8 heteroatoms. The molecule has 0 aliphatic rings. The van der Waals surface area contributed by atoms with Gasteiger partial charge in [-0.1, -0.05) is 18.2 Å². The van der Waals surface area contributed by atoms with Crippen LogP contribution in [-0.2, 0) is 11.3 Å². The van der Waals surface area contributed by atoms with Gasteiger partial charge in [0.15, 0.2) is 0 Å². The normalized spacial score (nSPS) is 11.8. The number of nitro groups is 1. The van der Waals surface area contributed by atoms with Crippen molar-refractivity contribution in [3.8, 4) is 0 Å². The standard InChI is InChI=1S/C17H23N5O3/c1-12(20(4)15-8-6-5-7-9-15)10-18-16(23)11-21-14(3)17(22(24)25)13(2)19-21/h5-9,12H,10-11H2,1-4H3,(H,18,23)/t12-/m0/s1. The van der Waals surface area contributed by atoms with E-state index in [9.17, 15) is 14.9 Å². The highest BCUT2D eigenvalue weighted by Crippen LogP contribution is 2.21. The van der Waals surface area contributed by atoms with Crippen LogP contribution in [0.1, 0.15) is 18.3 Å². The summed E-state index contributed by atoms with van der Waals surface area (Å²) in [5, 5.41) is 18.0. The van der Waals surface area contributed by atoms with Gasteiger partial charge in [-0.2, -0.15) is 5.10 Å². The number of amides is 1. The van der Waals surface area contributed by atoms with E-state index >= 15 is 0 Å². The molecule has 0 saturated carbocycles. The Labute approximate surface area is 146 Å². The predicted octanol–water partition coefficient (Wildman–Crippen LogP) is 2.05. The van der Waals surface area contributed by atoms with Gasteiger partial charge in [0.25, 0.3) is 0 Å². The first kappa shape index (κ1) is 18.4. The molecule has 1 heterocycles. The first-order valence-corrected chi connectivity index (χ1v) is 8.04. The monoisotopic (exact) mass is 345 g/mol. The zero-order chi connectivity index (χ0) is 18.6. The molecule has 1 aromatic carbocycles. The van der Waals surface area contributed by atoms with Crippen molar-refractivity contribution in [2.75, 3.05) is 18.5 Å². The molecule has 8 nitrogen and oxygen atoms in total. The number of likely N-dealkylation sites (N-methyl/N-ethyl adjacent to an activating group) is 1. The molecule has 0 aliphatic carbocycles. The van der Waals surface area contributed by atoms with Gasteiger partial charge >= 0.3 is 5.69 Å². The zero-order valence-electron chi connectivity index (χ0n) is 14.9. The van der Waals surface area contributed by atoms with Crippen molar-refractivity contribution in [1.82, 2.24) is 15.1 Å². The van der Waals surface area contributed by atoms with Gasteiger partial charge < -0.3 is 10.2 Å². The van der Waals surface area contributed by atoms with Crippen LogP contribution in [0.4, 0.5) is 11.4 Å². The maximum absolute atomic E-state index is 12.2. The molecule has 0 spiro atoms. The SMILES string of the molecule is Cc1nn(CC(=O)NC[C@H](C)N(C)c2ccccc2)c(C)c1[N+](=O)[O-]. The van der Waals surface area contributed by atoms with Crippen molar-refractivity contribution in [2.45, 2.75) is 33.4 Å². The van der Waals surface area contributed by atoms with Crippen LogP contribution in [0.15, 0.2) is 30.3 Å². The molecule has 1 atom stereocenters. The molecule has 0 bridgehead atoms. The summed E-state index contributed by atoms with van der Waals surface area (Å²) in [7, 11) is 1.97. The summed E-state index contributed by atoms with van der Waals surface area (Å²) in [5.74, 6) is -0.228. The number of anilines is 1. The Hall–Kier alpha value is -2.90. The first-order chi connectivity index (χ1) is 11.8. The quantitative estimate of drug-likeness (QED) is 0.612. The van der Waals surface area contributed by atoms with E-state index < -0.39 is 4.92 Å². The predicted molar refractivity (Wildman–Crippen MR) is 95.7 cm³/mol. The van der Waals surface area contributed by atoms with Gasteiger partial charge in [0, 0.05) is 25.3 Å². The average Bonchev–Trinajstić information content (AvgIpc) is 2.86. The number of hydrogen-bond acceptors (Lipinski definition) is 5. The second-order valence-corrected chi connectivity index (χ2v) is 6.03. The van der Waals surface area contributed by atoms with Crippen LogP contribution in [0.25, 0.3) is 0 Å². The van der Waals surface area contributed by atoms with Gasteiger partial charge in [0.05, 0.1) is 4.92 Å². The highest BCUT2D eigenvalue weighted by atomic mass is 16.6. The van der Waals surface area contributed by atoms with Gasteiger partial charge in [0.1, 0.15) is 17.9 Å². The molecular formula is C17H23N5O3. The lowest BCUT2D eigenvalue weighted by Gasteiger charge is -2.27. The first-order valence-electron chi connectivity index (χ1n) is 8.04. The number of aromatic nitrogens is 2. The van der Waals surface area contributed by atoms with Gasteiger partial charge in [-0.3, -0.25) is 19.6 Å². The number of rotatable bonds is 7. The minimum atomic E-state index is -0.469. The lowest BCUT2D eigenvalue weighted by atomic mass is 10.2. The van der Waals surface area contributed by atoms with Crippen molar-refractivity contribution < 1.29 is 9.72 Å². The van der Waals surface area contributed by atoms with Crippen LogP contribution in [0, 0.1) is 24.0 Å². The van der Waals surface area contributed by atoms with E-state index in [0.29, 0.717) is 17.9 Å². The summed E-state index contributed by atoms with van der Waals surface area (Å²) in [6.07, 6.45) is 0. The Balaban J connectivity index is 1.93. The fourth-order valence-electron chi connectivity index (χ4n) is 2.61. The molecule has 0 radical (unpaired) electrons. The molecule has 0 fully saturated rings. The third-order valence-electron chi connectivity index (χ3n) is 4.24. The maximum Gasteiger partial charge on any atom is 0.312 e. The van der Waals surface area contributed by atoms with Gasteiger partial charge in [-0.05, 0) is 32.9 Å². The molecule has 2 rings (SSSR count). The van der Waals surface area contributed by atoms with Crippen LogP contribution in [0.3, 0.4) is 0 Å². The lowest BCUT2D eigenvalue weighted by Crippen LogP contribution is -2.41. The molecule has 1 N–H and O–H groups in total. The average molecular weight is 345 g/mol. The summed E-state index contributed by atoms with van der Waals surface area (Å²) < 4.78 is 1.37. The van der Waals surface area contributed by atoms with Crippen molar-refractivity contribution in [3.05, 3.63) is 51.8 Å². The molecular weight excluding hydrogens is 322 g/mol. The number of nitrogens with zero attached hydrogens (tertiary/aromatic N) is 4. The third-order valence-corrected chi connectivity index (χ3v) is 4.24. The van der Waals surface area contributed by atoms with E-state index in [1.165, 1.54) is 4.68 Å². The van der Waals surface area contributed by atoms with Crippen molar-refractivity contribution in [3.63, 3.8) is 0 Å². The minimum Gasteiger partial charge on any atom is -0.370 e. The van der Waals surface area contributed by atoms with E-state index in [0.717, 1.165) is 5.69 Å². The highest BCUT2D eigenvalue weighted by molar-refractivity contribution is 5.76. The molecule has 2 aromatic rings. The van der Waals surface area contributed by atoms with Crippen LogP contribution >= 0.6 is 0 Å². The van der Waals surface area contributed by atoms with Gasteiger partial charge in [0.2, 0.25) is 5.91 Å². The Kier molecular flexibility index (Phi) is 5.74. The molecule has 0 aliphatic heterocycles. The van der Waals surface area contributed by atoms with Crippen molar-refractivity contribution in [1.29, 1.82) is 0 Å². The van der Waals surface area contributed by atoms with E-state index in [4.69, 9.17) is 0 Å². The molecule has 0 unspecified atom stereocenters. The largest absolute Gasteiger partial charge is 0.370 e. The Morgan fingerprint density at radius 3 is 2.56 bits per heavy atom. The van der Waals surface area contributed by atoms with E-state index in [1.807, 2.05) is 44.3 Å². The number of carbonyl (C=O) groups excluding carboxylic acids is 1.